The van der Waals surface area contributed by atoms with Crippen molar-refractivity contribution in [2.45, 2.75) is 25.8 Å². The van der Waals surface area contributed by atoms with Crippen LogP contribution >= 0.6 is 0 Å². The van der Waals surface area contributed by atoms with Gasteiger partial charge in [0.15, 0.2) is 5.76 Å². The van der Waals surface area contributed by atoms with E-state index in [1.165, 1.54) is 12.1 Å². The number of carbonyl (C=O) groups excluding carboxylic acids is 1. The van der Waals surface area contributed by atoms with Crippen molar-refractivity contribution in [2.24, 2.45) is 11.8 Å². The third kappa shape index (κ3) is 5.58. The Balaban J connectivity index is 1.37. The topological polar surface area (TPSA) is 58.4 Å². The van der Waals surface area contributed by atoms with Crippen molar-refractivity contribution < 1.29 is 13.7 Å². The van der Waals surface area contributed by atoms with E-state index in [2.05, 4.69) is 10.5 Å². The van der Waals surface area contributed by atoms with Crippen LogP contribution in [-0.2, 0) is 17.8 Å². The van der Waals surface area contributed by atoms with Crippen LogP contribution in [0.1, 0.15) is 24.1 Å². The van der Waals surface area contributed by atoms with E-state index in [4.69, 9.17) is 4.52 Å². The minimum atomic E-state index is -0.276. The average Bonchev–Trinajstić information content (AvgIpc) is 3.25. The van der Waals surface area contributed by atoms with Crippen LogP contribution in [-0.4, -0.2) is 36.1 Å². The van der Waals surface area contributed by atoms with E-state index in [0.29, 0.717) is 30.6 Å². The Morgan fingerprint density at radius 1 is 1.16 bits per heavy atom. The van der Waals surface area contributed by atoms with E-state index in [1.807, 2.05) is 48.3 Å². The van der Waals surface area contributed by atoms with Crippen molar-refractivity contribution in [3.8, 4) is 11.3 Å². The number of halogens is 1. The second kappa shape index (κ2) is 9.88. The van der Waals surface area contributed by atoms with Gasteiger partial charge in [0.05, 0.1) is 5.69 Å². The lowest BCUT2D eigenvalue weighted by Crippen LogP contribution is -2.40. The third-order valence-corrected chi connectivity index (χ3v) is 6.05. The van der Waals surface area contributed by atoms with Gasteiger partial charge in [-0.05, 0) is 67.6 Å². The van der Waals surface area contributed by atoms with Crippen molar-refractivity contribution in [1.29, 1.82) is 0 Å². The number of amides is 1. The van der Waals surface area contributed by atoms with E-state index in [1.54, 1.807) is 12.1 Å². The summed E-state index contributed by atoms with van der Waals surface area (Å²) in [7, 11) is 1.87. The number of nitrogens with one attached hydrogen (secondary N) is 1. The van der Waals surface area contributed by atoms with Crippen LogP contribution in [0.15, 0.2) is 65.2 Å². The summed E-state index contributed by atoms with van der Waals surface area (Å²) >= 11 is 0. The van der Waals surface area contributed by atoms with Crippen LogP contribution in [0.3, 0.4) is 0 Å². The summed E-state index contributed by atoms with van der Waals surface area (Å²) < 4.78 is 18.6. The molecule has 2 unspecified atom stereocenters. The van der Waals surface area contributed by atoms with Gasteiger partial charge in [-0.3, -0.25) is 4.79 Å². The Labute approximate surface area is 182 Å². The van der Waals surface area contributed by atoms with Crippen LogP contribution in [0.25, 0.3) is 11.3 Å². The van der Waals surface area contributed by atoms with Gasteiger partial charge in [-0.1, -0.05) is 35.5 Å². The molecule has 0 aliphatic carbocycles. The highest BCUT2D eigenvalue weighted by molar-refractivity contribution is 5.76. The number of piperidine rings is 1. The van der Waals surface area contributed by atoms with E-state index in [-0.39, 0.29) is 11.7 Å². The van der Waals surface area contributed by atoms with E-state index < -0.39 is 0 Å². The average molecular weight is 422 g/mol. The minimum absolute atomic E-state index is 0.174. The fourth-order valence-electron chi connectivity index (χ4n) is 4.24. The van der Waals surface area contributed by atoms with Crippen LogP contribution in [0.2, 0.25) is 0 Å². The molecule has 31 heavy (non-hydrogen) atoms. The predicted molar refractivity (Wildman–Crippen MR) is 118 cm³/mol. The Hall–Kier alpha value is -2.99. The Kier molecular flexibility index (Phi) is 6.77. The zero-order valence-corrected chi connectivity index (χ0v) is 17.8. The molecule has 1 saturated heterocycles. The highest BCUT2D eigenvalue weighted by Gasteiger charge is 2.29. The number of benzene rings is 2. The molecule has 3 aromatic rings. The van der Waals surface area contributed by atoms with Gasteiger partial charge < -0.3 is 14.7 Å². The number of hydrogen-bond acceptors (Lipinski definition) is 4. The molecular formula is C25H28FN3O2. The van der Waals surface area contributed by atoms with E-state index >= 15 is 0 Å². The normalized spacial score (nSPS) is 18.6. The maximum atomic E-state index is 13.2. The van der Waals surface area contributed by atoms with Crippen LogP contribution in [0, 0.1) is 17.7 Å². The van der Waals surface area contributed by atoms with Crippen molar-refractivity contribution in [3.05, 3.63) is 77.7 Å². The molecule has 5 nitrogen and oxygen atoms in total. The number of hydrogen-bond donors (Lipinski definition) is 1. The molecule has 6 heteroatoms. The predicted octanol–water partition coefficient (Wildman–Crippen LogP) is 4.30. The highest BCUT2D eigenvalue weighted by atomic mass is 19.1. The van der Waals surface area contributed by atoms with Gasteiger partial charge in [0, 0.05) is 31.6 Å². The summed E-state index contributed by atoms with van der Waals surface area (Å²) in [6, 6.07) is 18.2. The third-order valence-electron chi connectivity index (χ3n) is 6.05. The van der Waals surface area contributed by atoms with Crippen LogP contribution in [0.4, 0.5) is 4.39 Å². The first kappa shape index (κ1) is 21.2. The molecule has 1 amide bonds. The van der Waals surface area contributed by atoms with Crippen molar-refractivity contribution >= 4 is 5.91 Å². The summed E-state index contributed by atoms with van der Waals surface area (Å²) in [6.07, 6.45) is 2.26. The molecule has 0 radical (unpaired) electrons. The SMILES string of the molecule is CN(Cc1ccccc1)C(=O)CC1CCNCC1Cc1cc(-c2ccc(F)cc2)on1. The Morgan fingerprint density at radius 3 is 2.71 bits per heavy atom. The van der Waals surface area contributed by atoms with Crippen molar-refractivity contribution in [2.75, 3.05) is 20.1 Å². The molecule has 1 aliphatic rings. The first-order valence-corrected chi connectivity index (χ1v) is 10.8. The lowest BCUT2D eigenvalue weighted by atomic mass is 9.81. The fourth-order valence-corrected chi connectivity index (χ4v) is 4.24. The fraction of sp³-hybridized carbons (Fsp3) is 0.360. The molecule has 1 aromatic heterocycles. The summed E-state index contributed by atoms with van der Waals surface area (Å²) in [5, 5.41) is 7.67. The molecule has 162 valence electrons. The van der Waals surface area contributed by atoms with Gasteiger partial charge in [0.2, 0.25) is 5.91 Å². The number of rotatable bonds is 7. The van der Waals surface area contributed by atoms with Crippen molar-refractivity contribution in [3.63, 3.8) is 0 Å². The lowest BCUT2D eigenvalue weighted by Gasteiger charge is -2.32. The smallest absolute Gasteiger partial charge is 0.222 e. The molecule has 4 rings (SSSR count). The standard InChI is InChI=1S/C25H28FN3O2/c1-29(17-18-5-3-2-4-6-18)25(30)14-20-11-12-27-16-21(20)13-23-15-24(31-28-23)19-7-9-22(26)10-8-19/h2-10,15,20-21,27H,11-14,16-17H2,1H3. The zero-order chi connectivity index (χ0) is 21.6. The van der Waals surface area contributed by atoms with Crippen molar-refractivity contribution in [1.82, 2.24) is 15.4 Å². The molecule has 1 aliphatic heterocycles. The number of carbonyl (C=O) groups is 1. The Morgan fingerprint density at radius 2 is 1.94 bits per heavy atom. The van der Waals surface area contributed by atoms with Gasteiger partial charge in [-0.25, -0.2) is 4.39 Å². The highest BCUT2D eigenvalue weighted by Crippen LogP contribution is 2.28. The lowest BCUT2D eigenvalue weighted by molar-refractivity contribution is -0.132. The zero-order valence-electron chi connectivity index (χ0n) is 17.8. The van der Waals surface area contributed by atoms with E-state index in [0.717, 1.165) is 42.8 Å². The number of nitrogens with zero attached hydrogens (tertiary/aromatic N) is 2. The Bertz CT molecular complexity index is 988. The largest absolute Gasteiger partial charge is 0.356 e. The first-order chi connectivity index (χ1) is 15.1. The molecule has 2 atom stereocenters. The maximum Gasteiger partial charge on any atom is 0.222 e. The monoisotopic (exact) mass is 421 g/mol. The second-order valence-electron chi connectivity index (χ2n) is 8.35. The second-order valence-corrected chi connectivity index (χ2v) is 8.35. The summed E-state index contributed by atoms with van der Waals surface area (Å²) in [5.74, 6) is 1.15. The molecule has 0 saturated carbocycles. The summed E-state index contributed by atoms with van der Waals surface area (Å²) in [6.45, 7) is 2.41. The van der Waals surface area contributed by atoms with Crippen LogP contribution in [0.5, 0.6) is 0 Å². The molecule has 2 aromatic carbocycles. The number of aromatic nitrogens is 1. The quantitative estimate of drug-likeness (QED) is 0.618. The molecule has 0 bridgehead atoms. The molecule has 1 fully saturated rings. The van der Waals surface area contributed by atoms with Gasteiger partial charge in [-0.15, -0.1) is 0 Å². The van der Waals surface area contributed by atoms with E-state index in [9.17, 15) is 9.18 Å². The van der Waals surface area contributed by atoms with Crippen LogP contribution < -0.4 is 5.32 Å². The summed E-state index contributed by atoms with van der Waals surface area (Å²) in [4.78, 5) is 14.7. The first-order valence-electron chi connectivity index (χ1n) is 10.8. The minimum Gasteiger partial charge on any atom is -0.356 e. The molecular weight excluding hydrogens is 393 g/mol. The molecule has 1 N–H and O–H groups in total. The van der Waals surface area contributed by atoms with Gasteiger partial charge in [0.1, 0.15) is 5.82 Å². The van der Waals surface area contributed by atoms with Gasteiger partial charge in [0.25, 0.3) is 0 Å². The molecule has 0 spiro atoms. The molecule has 2 heterocycles. The van der Waals surface area contributed by atoms with Gasteiger partial charge >= 0.3 is 0 Å². The van der Waals surface area contributed by atoms with Gasteiger partial charge in [-0.2, -0.15) is 0 Å². The summed E-state index contributed by atoms with van der Waals surface area (Å²) in [5.41, 5.74) is 2.80. The maximum absolute atomic E-state index is 13.2.